The van der Waals surface area contributed by atoms with Gasteiger partial charge in [0.1, 0.15) is 12.4 Å². The van der Waals surface area contributed by atoms with Gasteiger partial charge in [0.25, 0.3) is 5.56 Å². The van der Waals surface area contributed by atoms with E-state index < -0.39 is 0 Å². The van der Waals surface area contributed by atoms with Gasteiger partial charge < -0.3 is 9.47 Å². The highest BCUT2D eigenvalue weighted by Gasteiger charge is 2.22. The summed E-state index contributed by atoms with van der Waals surface area (Å²) in [5.41, 5.74) is 1.94. The molecular formula is C29H25BrCl3N3O3. The van der Waals surface area contributed by atoms with Crippen LogP contribution in [0.3, 0.4) is 0 Å². The van der Waals surface area contributed by atoms with Gasteiger partial charge in [-0.15, -0.1) is 0 Å². The maximum atomic E-state index is 13.6. The quantitative estimate of drug-likeness (QED) is 0.188. The second-order valence-electron chi connectivity index (χ2n) is 9.40. The maximum absolute atomic E-state index is 13.6. The predicted octanol–water partition coefficient (Wildman–Crippen LogP) is 8.64. The Bertz CT molecular complexity index is 1620. The monoisotopic (exact) mass is 647 g/mol. The van der Waals surface area contributed by atoms with E-state index in [0.29, 0.717) is 48.9 Å². The summed E-state index contributed by atoms with van der Waals surface area (Å²) < 4.78 is 13.8. The van der Waals surface area contributed by atoms with E-state index in [0.717, 1.165) is 35.7 Å². The first-order chi connectivity index (χ1) is 18.8. The molecule has 202 valence electrons. The average molecular weight is 650 g/mol. The molecule has 1 heterocycles. The molecule has 0 N–H and O–H groups in total. The van der Waals surface area contributed by atoms with Crippen LogP contribution in [0.15, 0.2) is 62.9 Å². The largest absolute Gasteiger partial charge is 0.493 e. The van der Waals surface area contributed by atoms with Crippen molar-refractivity contribution in [3.63, 3.8) is 0 Å². The van der Waals surface area contributed by atoms with Gasteiger partial charge in [-0.25, -0.2) is 4.98 Å². The first kappa shape index (κ1) is 28.0. The minimum absolute atomic E-state index is 0.173. The third-order valence-electron chi connectivity index (χ3n) is 6.74. The number of rotatable bonds is 7. The summed E-state index contributed by atoms with van der Waals surface area (Å²) in [6.45, 7) is 0.221. The second-order valence-corrected chi connectivity index (χ2v) is 11.5. The van der Waals surface area contributed by atoms with E-state index in [2.05, 4.69) is 21.0 Å². The molecule has 10 heteroatoms. The van der Waals surface area contributed by atoms with E-state index >= 15 is 0 Å². The molecule has 1 aliphatic rings. The Balaban J connectivity index is 1.48. The van der Waals surface area contributed by atoms with E-state index in [1.165, 1.54) is 18.2 Å². The van der Waals surface area contributed by atoms with E-state index in [9.17, 15) is 4.79 Å². The molecule has 0 spiro atoms. The van der Waals surface area contributed by atoms with Gasteiger partial charge in [0.15, 0.2) is 11.5 Å². The zero-order valence-corrected chi connectivity index (χ0v) is 24.9. The fraction of sp³-hybridized carbons (Fsp3) is 0.276. The van der Waals surface area contributed by atoms with E-state index in [1.54, 1.807) is 36.5 Å². The Morgan fingerprint density at radius 3 is 2.56 bits per heavy atom. The van der Waals surface area contributed by atoms with Crippen molar-refractivity contribution in [2.45, 2.75) is 44.6 Å². The first-order valence-electron chi connectivity index (χ1n) is 12.5. The summed E-state index contributed by atoms with van der Waals surface area (Å²) in [6, 6.07) is 14.3. The van der Waals surface area contributed by atoms with Crippen molar-refractivity contribution in [1.82, 2.24) is 9.66 Å². The van der Waals surface area contributed by atoms with Crippen LogP contribution in [0.25, 0.3) is 10.9 Å². The molecule has 0 amide bonds. The summed E-state index contributed by atoms with van der Waals surface area (Å²) in [4.78, 5) is 18.5. The zero-order valence-electron chi connectivity index (χ0n) is 21.1. The van der Waals surface area contributed by atoms with Gasteiger partial charge in [-0.05, 0) is 66.4 Å². The van der Waals surface area contributed by atoms with Crippen LogP contribution in [-0.2, 0) is 6.61 Å². The first-order valence-corrected chi connectivity index (χ1v) is 14.5. The van der Waals surface area contributed by atoms with Gasteiger partial charge in [0.05, 0.1) is 39.3 Å². The molecule has 3 aromatic carbocycles. The summed E-state index contributed by atoms with van der Waals surface area (Å²) in [6.07, 6.45) is 6.97. The lowest BCUT2D eigenvalue weighted by Crippen LogP contribution is -2.25. The smallest absolute Gasteiger partial charge is 0.282 e. The topological polar surface area (TPSA) is 65.7 Å². The lowest BCUT2D eigenvalue weighted by Gasteiger charge is -2.22. The van der Waals surface area contributed by atoms with Crippen LogP contribution in [0, 0.1) is 0 Å². The number of halogens is 4. The average Bonchev–Trinajstić information content (AvgIpc) is 2.94. The van der Waals surface area contributed by atoms with Crippen molar-refractivity contribution < 1.29 is 9.47 Å². The Morgan fingerprint density at radius 1 is 1.03 bits per heavy atom. The van der Waals surface area contributed by atoms with Gasteiger partial charge in [-0.3, -0.25) is 4.79 Å². The number of hydrogen-bond donors (Lipinski definition) is 0. The Hall–Kier alpha value is -2.58. The summed E-state index contributed by atoms with van der Waals surface area (Å²) in [5.74, 6) is 1.68. The Kier molecular flexibility index (Phi) is 8.82. The summed E-state index contributed by atoms with van der Waals surface area (Å²) in [5, 5.41) is 6.37. The molecule has 0 atom stereocenters. The molecule has 0 radical (unpaired) electrons. The molecule has 1 fully saturated rings. The van der Waals surface area contributed by atoms with Crippen LogP contribution in [0.2, 0.25) is 15.1 Å². The highest BCUT2D eigenvalue weighted by Crippen LogP contribution is 2.37. The van der Waals surface area contributed by atoms with E-state index in [4.69, 9.17) is 49.3 Å². The molecule has 0 bridgehead atoms. The molecule has 0 unspecified atom stereocenters. The van der Waals surface area contributed by atoms with Gasteiger partial charge >= 0.3 is 0 Å². The van der Waals surface area contributed by atoms with Crippen LogP contribution in [-0.4, -0.2) is 23.0 Å². The van der Waals surface area contributed by atoms with E-state index in [-0.39, 0.29) is 18.1 Å². The lowest BCUT2D eigenvalue weighted by molar-refractivity contribution is 0.284. The highest BCUT2D eigenvalue weighted by molar-refractivity contribution is 9.10. The van der Waals surface area contributed by atoms with Crippen LogP contribution in [0.4, 0.5) is 0 Å². The molecule has 5 rings (SSSR count). The van der Waals surface area contributed by atoms with E-state index in [1.807, 2.05) is 18.2 Å². The molecule has 0 aliphatic heterocycles. The third-order valence-corrected chi connectivity index (χ3v) is 8.26. The fourth-order valence-electron chi connectivity index (χ4n) is 4.77. The van der Waals surface area contributed by atoms with Crippen molar-refractivity contribution in [3.8, 4) is 11.5 Å². The normalized spacial score (nSPS) is 14.3. The number of ether oxygens (including phenoxy) is 2. The van der Waals surface area contributed by atoms with Crippen LogP contribution in [0.1, 0.15) is 55.0 Å². The van der Waals surface area contributed by atoms with Crippen molar-refractivity contribution in [2.75, 3.05) is 7.11 Å². The highest BCUT2D eigenvalue weighted by atomic mass is 79.9. The summed E-state index contributed by atoms with van der Waals surface area (Å²) in [7, 11) is 1.54. The second kappa shape index (κ2) is 12.3. The summed E-state index contributed by atoms with van der Waals surface area (Å²) >= 11 is 22.2. The Labute approximate surface area is 249 Å². The van der Waals surface area contributed by atoms with Gasteiger partial charge in [0, 0.05) is 10.4 Å². The molecular weight excluding hydrogens is 625 g/mol. The fourth-order valence-corrected chi connectivity index (χ4v) is 5.72. The molecule has 1 aliphatic carbocycles. The number of hydrogen-bond acceptors (Lipinski definition) is 5. The number of benzene rings is 3. The molecule has 6 nitrogen and oxygen atoms in total. The molecule has 0 saturated heterocycles. The van der Waals surface area contributed by atoms with Crippen molar-refractivity contribution in [1.29, 1.82) is 0 Å². The minimum atomic E-state index is -0.210. The number of aromatic nitrogens is 2. The van der Waals surface area contributed by atoms with Gasteiger partial charge in [-0.1, -0.05) is 76.1 Å². The Morgan fingerprint density at radius 2 is 1.82 bits per heavy atom. The van der Waals surface area contributed by atoms with Crippen LogP contribution < -0.4 is 15.0 Å². The van der Waals surface area contributed by atoms with Crippen LogP contribution >= 0.6 is 50.7 Å². The standard InChI is InChI=1S/C29H25BrCl3N3O3/c1-38-26-13-18(12-24(33)27(26)39-16-17-7-9-22(31)23(32)11-17)15-34-36-28(19-5-3-2-4-6-19)35-25-10-8-20(30)14-21(25)29(36)37/h7-15,19H,2-6,16H2,1H3. The van der Waals surface area contributed by atoms with Gasteiger partial charge in [-0.2, -0.15) is 9.78 Å². The van der Waals surface area contributed by atoms with Crippen LogP contribution in [0.5, 0.6) is 11.5 Å². The molecule has 1 aromatic heterocycles. The third kappa shape index (κ3) is 6.27. The maximum Gasteiger partial charge on any atom is 0.282 e. The molecule has 4 aromatic rings. The minimum Gasteiger partial charge on any atom is -0.493 e. The SMILES string of the molecule is COc1cc(C=Nn2c(C3CCCCC3)nc3ccc(Br)cc3c2=O)cc(Cl)c1OCc1ccc(Cl)c(Cl)c1. The number of methoxy groups -OCH3 is 1. The number of fused-ring (bicyclic) bond motifs is 1. The van der Waals surface area contributed by atoms with Crippen molar-refractivity contribution in [2.24, 2.45) is 5.10 Å². The zero-order chi connectivity index (χ0) is 27.5. The van der Waals surface area contributed by atoms with Crippen molar-refractivity contribution >= 4 is 67.9 Å². The van der Waals surface area contributed by atoms with Crippen molar-refractivity contribution in [3.05, 3.63) is 95.4 Å². The molecule has 39 heavy (non-hydrogen) atoms. The number of nitrogens with zero attached hydrogens (tertiary/aromatic N) is 3. The lowest BCUT2D eigenvalue weighted by atomic mass is 9.88. The predicted molar refractivity (Wildman–Crippen MR) is 161 cm³/mol. The van der Waals surface area contributed by atoms with Gasteiger partial charge in [0.2, 0.25) is 0 Å². The molecule has 1 saturated carbocycles.